The van der Waals surface area contributed by atoms with E-state index in [4.69, 9.17) is 10.2 Å². The van der Waals surface area contributed by atoms with Gasteiger partial charge in [-0.1, -0.05) is 6.07 Å². The van der Waals surface area contributed by atoms with Crippen molar-refractivity contribution in [2.24, 2.45) is 0 Å². The summed E-state index contributed by atoms with van der Waals surface area (Å²) in [5.41, 5.74) is 8.46. The molecule has 1 aromatic carbocycles. The number of hydrogen-bond donors (Lipinski definition) is 1. The number of anilines is 1. The van der Waals surface area contributed by atoms with Crippen LogP contribution < -0.4 is 5.73 Å². The molecule has 2 aromatic heterocycles. The molecule has 2 heterocycles. The van der Waals surface area contributed by atoms with Crippen LogP contribution in [0.25, 0.3) is 22.6 Å². The summed E-state index contributed by atoms with van der Waals surface area (Å²) >= 11 is 0. The van der Waals surface area contributed by atoms with Gasteiger partial charge in [-0.15, -0.1) is 0 Å². The maximum absolute atomic E-state index is 5.79. The van der Waals surface area contributed by atoms with Crippen LogP contribution in [0.5, 0.6) is 0 Å². The Kier molecular flexibility index (Phi) is 1.83. The van der Waals surface area contributed by atoms with E-state index in [0.29, 0.717) is 22.7 Å². The molecule has 0 saturated carbocycles. The molecule has 0 atom stereocenters. The van der Waals surface area contributed by atoms with Gasteiger partial charge in [0.25, 0.3) is 0 Å². The van der Waals surface area contributed by atoms with Crippen LogP contribution in [0.4, 0.5) is 5.69 Å². The molecule has 0 unspecified atom stereocenters. The van der Waals surface area contributed by atoms with Gasteiger partial charge in [-0.2, -0.15) is 0 Å². The number of oxazole rings is 1. The summed E-state index contributed by atoms with van der Waals surface area (Å²) < 4.78 is 5.56. The molecule has 0 aliphatic carbocycles. The van der Waals surface area contributed by atoms with E-state index < -0.39 is 0 Å². The molecule has 0 spiro atoms. The molecule has 0 radical (unpaired) electrons. The molecule has 0 aliphatic rings. The topological polar surface area (TPSA) is 77.8 Å². The lowest BCUT2D eigenvalue weighted by atomic mass is 10.3. The molecule has 0 saturated heterocycles. The van der Waals surface area contributed by atoms with Crippen molar-refractivity contribution in [3.8, 4) is 11.5 Å². The minimum Gasteiger partial charge on any atom is -0.436 e. The van der Waals surface area contributed by atoms with Gasteiger partial charge >= 0.3 is 0 Å². The van der Waals surface area contributed by atoms with E-state index in [2.05, 4.69) is 15.0 Å². The molecule has 5 heteroatoms. The third-order valence-electron chi connectivity index (χ3n) is 2.26. The number of nitrogens with two attached hydrogens (primary N) is 1. The second-order valence-electron chi connectivity index (χ2n) is 3.34. The lowest BCUT2D eigenvalue weighted by Crippen LogP contribution is -1.85. The fourth-order valence-electron chi connectivity index (χ4n) is 1.50. The van der Waals surface area contributed by atoms with Gasteiger partial charge in [0.15, 0.2) is 5.58 Å². The van der Waals surface area contributed by atoms with Crippen LogP contribution in [0.3, 0.4) is 0 Å². The van der Waals surface area contributed by atoms with Crippen molar-refractivity contribution in [2.45, 2.75) is 0 Å². The Morgan fingerprint density at radius 3 is 2.69 bits per heavy atom. The molecule has 3 aromatic rings. The lowest BCUT2D eigenvalue weighted by Gasteiger charge is -1.90. The van der Waals surface area contributed by atoms with Crippen molar-refractivity contribution in [3.05, 3.63) is 36.9 Å². The zero-order valence-corrected chi connectivity index (χ0v) is 8.29. The summed E-state index contributed by atoms with van der Waals surface area (Å²) in [6, 6.07) is 5.44. The summed E-state index contributed by atoms with van der Waals surface area (Å²) in [4.78, 5) is 12.1. The molecule has 16 heavy (non-hydrogen) atoms. The highest BCUT2D eigenvalue weighted by Gasteiger charge is 2.09. The Morgan fingerprint density at radius 2 is 1.94 bits per heavy atom. The Morgan fingerprint density at radius 1 is 1.12 bits per heavy atom. The van der Waals surface area contributed by atoms with Gasteiger partial charge in [0.1, 0.15) is 11.8 Å². The third kappa shape index (κ3) is 1.30. The summed E-state index contributed by atoms with van der Waals surface area (Å²) in [7, 11) is 0. The zero-order valence-electron chi connectivity index (χ0n) is 8.29. The van der Waals surface area contributed by atoms with Crippen molar-refractivity contribution in [3.63, 3.8) is 0 Å². The smallest absolute Gasteiger partial charge is 0.230 e. The van der Waals surface area contributed by atoms with Crippen LogP contribution in [-0.4, -0.2) is 15.0 Å². The zero-order chi connectivity index (χ0) is 11.0. The quantitative estimate of drug-likeness (QED) is 0.623. The first-order valence-corrected chi connectivity index (χ1v) is 4.75. The molecule has 5 nitrogen and oxygen atoms in total. The van der Waals surface area contributed by atoms with Crippen LogP contribution in [-0.2, 0) is 0 Å². The number of benzene rings is 1. The highest BCUT2D eigenvalue weighted by atomic mass is 16.3. The monoisotopic (exact) mass is 212 g/mol. The predicted molar refractivity (Wildman–Crippen MR) is 59.4 cm³/mol. The number of para-hydroxylation sites is 1. The van der Waals surface area contributed by atoms with Gasteiger partial charge in [-0.3, -0.25) is 0 Å². The summed E-state index contributed by atoms with van der Waals surface area (Å²) in [5.74, 6) is 0.480. The van der Waals surface area contributed by atoms with Gasteiger partial charge in [-0.05, 0) is 12.1 Å². The van der Waals surface area contributed by atoms with Crippen LogP contribution >= 0.6 is 0 Å². The molecule has 78 valence electrons. The molecular weight excluding hydrogens is 204 g/mol. The highest BCUT2D eigenvalue weighted by molar-refractivity contribution is 5.86. The molecule has 3 rings (SSSR count). The van der Waals surface area contributed by atoms with Crippen molar-refractivity contribution in [2.75, 3.05) is 5.73 Å². The van der Waals surface area contributed by atoms with E-state index in [1.807, 2.05) is 12.1 Å². The second kappa shape index (κ2) is 3.30. The minimum absolute atomic E-state index is 0.480. The van der Waals surface area contributed by atoms with Gasteiger partial charge in [0.05, 0.1) is 11.3 Å². The van der Waals surface area contributed by atoms with Crippen molar-refractivity contribution >= 4 is 16.8 Å². The van der Waals surface area contributed by atoms with Crippen LogP contribution in [0.1, 0.15) is 0 Å². The fraction of sp³-hybridized carbons (Fsp3) is 0. The number of hydrogen-bond acceptors (Lipinski definition) is 5. The average molecular weight is 212 g/mol. The molecule has 0 fully saturated rings. The summed E-state index contributed by atoms with van der Waals surface area (Å²) in [6.07, 6.45) is 4.75. The van der Waals surface area contributed by atoms with Crippen molar-refractivity contribution < 1.29 is 4.42 Å². The molecule has 0 bridgehead atoms. The number of nitrogens with zero attached hydrogens (tertiary/aromatic N) is 3. The SMILES string of the molecule is Nc1cccc2oc(-c3cncnc3)nc12. The van der Waals surface area contributed by atoms with E-state index in [9.17, 15) is 0 Å². The summed E-state index contributed by atoms with van der Waals surface area (Å²) in [5, 5.41) is 0. The van der Waals surface area contributed by atoms with Crippen molar-refractivity contribution in [1.29, 1.82) is 0 Å². The maximum atomic E-state index is 5.79. The van der Waals surface area contributed by atoms with E-state index in [-0.39, 0.29) is 0 Å². The Bertz CT molecular complexity index is 633. The average Bonchev–Trinajstić information content (AvgIpc) is 2.76. The number of fused-ring (bicyclic) bond motifs is 1. The van der Waals surface area contributed by atoms with Crippen LogP contribution in [0.15, 0.2) is 41.3 Å². The van der Waals surface area contributed by atoms with E-state index in [1.165, 1.54) is 6.33 Å². The lowest BCUT2D eigenvalue weighted by molar-refractivity contribution is 0.619. The standard InChI is InChI=1S/C11H8N4O/c12-8-2-1-3-9-10(8)15-11(16-9)7-4-13-6-14-5-7/h1-6H,12H2. The molecule has 2 N–H and O–H groups in total. The Hall–Kier alpha value is -2.43. The normalized spacial score (nSPS) is 10.8. The maximum Gasteiger partial charge on any atom is 0.230 e. The highest BCUT2D eigenvalue weighted by Crippen LogP contribution is 2.26. The Labute approximate surface area is 91.0 Å². The number of nitrogen functional groups attached to an aromatic ring is 1. The number of aromatic nitrogens is 3. The van der Waals surface area contributed by atoms with Crippen LogP contribution in [0.2, 0.25) is 0 Å². The number of rotatable bonds is 1. The largest absolute Gasteiger partial charge is 0.436 e. The first-order valence-electron chi connectivity index (χ1n) is 4.75. The van der Waals surface area contributed by atoms with Gasteiger partial charge < -0.3 is 10.2 Å². The van der Waals surface area contributed by atoms with Crippen molar-refractivity contribution in [1.82, 2.24) is 15.0 Å². The molecular formula is C11H8N4O. The first-order chi connectivity index (χ1) is 7.84. The molecule has 0 aliphatic heterocycles. The minimum atomic E-state index is 0.480. The summed E-state index contributed by atoms with van der Waals surface area (Å²) in [6.45, 7) is 0. The first kappa shape index (κ1) is 8.84. The van der Waals surface area contributed by atoms with Gasteiger partial charge in [0.2, 0.25) is 5.89 Å². The predicted octanol–water partition coefficient (Wildman–Crippen LogP) is 1.87. The van der Waals surface area contributed by atoms with E-state index >= 15 is 0 Å². The molecule has 0 amide bonds. The van der Waals surface area contributed by atoms with E-state index in [0.717, 1.165) is 5.56 Å². The fourth-order valence-corrected chi connectivity index (χ4v) is 1.50. The second-order valence-corrected chi connectivity index (χ2v) is 3.34. The Balaban J connectivity index is 2.23. The third-order valence-corrected chi connectivity index (χ3v) is 2.26. The van der Waals surface area contributed by atoms with E-state index in [1.54, 1.807) is 18.5 Å². The van der Waals surface area contributed by atoms with Gasteiger partial charge in [0, 0.05) is 12.4 Å². The van der Waals surface area contributed by atoms with Gasteiger partial charge in [-0.25, -0.2) is 15.0 Å². The van der Waals surface area contributed by atoms with Crippen LogP contribution in [0, 0.1) is 0 Å².